The first kappa shape index (κ1) is 19.2. The van der Waals surface area contributed by atoms with Crippen LogP contribution in [-0.2, 0) is 0 Å². The number of thiazole rings is 1. The van der Waals surface area contributed by atoms with Crippen LogP contribution in [-0.4, -0.2) is 36.0 Å². The number of rotatable bonds is 6. The van der Waals surface area contributed by atoms with Gasteiger partial charge in [-0.05, 0) is 40.8 Å². The van der Waals surface area contributed by atoms with Gasteiger partial charge in [0, 0.05) is 20.7 Å². The maximum absolute atomic E-state index is 12.6. The lowest BCUT2D eigenvalue weighted by atomic mass is 10.2. The van der Waals surface area contributed by atoms with Gasteiger partial charge in [-0.3, -0.25) is 14.9 Å². The summed E-state index contributed by atoms with van der Waals surface area (Å²) in [5.41, 5.74) is 7.31. The number of hydrogen-bond acceptors (Lipinski definition) is 6. The number of amides is 2. The van der Waals surface area contributed by atoms with Crippen LogP contribution in [0.4, 0.5) is 5.13 Å². The SMILES string of the molecule is COc1cc(I)c(C(=O)Nc2nc(-c3c[nH]c(C(N)=O)c3)cs2)cc1OC. The highest BCUT2D eigenvalue weighted by Gasteiger charge is 2.17. The number of carbonyl (C=O) groups is 2. The van der Waals surface area contributed by atoms with Gasteiger partial charge in [0.2, 0.25) is 0 Å². The number of primary amides is 1. The molecule has 0 spiro atoms. The molecular formula is C17H15IN4O4S. The van der Waals surface area contributed by atoms with Crippen molar-refractivity contribution in [1.29, 1.82) is 0 Å². The van der Waals surface area contributed by atoms with E-state index in [1.807, 2.05) is 0 Å². The molecule has 3 rings (SSSR count). The van der Waals surface area contributed by atoms with Gasteiger partial charge in [0.15, 0.2) is 16.6 Å². The Kier molecular flexibility index (Phi) is 5.65. The van der Waals surface area contributed by atoms with Crippen LogP contribution in [0, 0.1) is 3.57 Å². The molecule has 0 aliphatic heterocycles. The Balaban J connectivity index is 1.81. The largest absolute Gasteiger partial charge is 0.493 e. The molecule has 2 aromatic heterocycles. The quantitative estimate of drug-likeness (QED) is 0.452. The van der Waals surface area contributed by atoms with Gasteiger partial charge in [-0.15, -0.1) is 11.3 Å². The highest BCUT2D eigenvalue weighted by Crippen LogP contribution is 2.32. The van der Waals surface area contributed by atoms with Gasteiger partial charge in [0.1, 0.15) is 5.69 Å². The fourth-order valence-corrected chi connectivity index (χ4v) is 3.74. The van der Waals surface area contributed by atoms with Crippen LogP contribution in [0.25, 0.3) is 11.3 Å². The maximum atomic E-state index is 12.6. The number of halogens is 1. The zero-order valence-corrected chi connectivity index (χ0v) is 17.3. The third-order valence-electron chi connectivity index (χ3n) is 3.69. The van der Waals surface area contributed by atoms with E-state index < -0.39 is 5.91 Å². The molecule has 0 radical (unpaired) electrons. The van der Waals surface area contributed by atoms with Crippen LogP contribution < -0.4 is 20.5 Å². The van der Waals surface area contributed by atoms with Crippen LogP contribution in [0.15, 0.2) is 29.8 Å². The van der Waals surface area contributed by atoms with Crippen LogP contribution in [0.2, 0.25) is 0 Å². The van der Waals surface area contributed by atoms with E-state index in [9.17, 15) is 9.59 Å². The summed E-state index contributed by atoms with van der Waals surface area (Å²) in [7, 11) is 3.05. The number of H-pyrrole nitrogens is 1. The number of carbonyl (C=O) groups excluding carboxylic acids is 2. The van der Waals surface area contributed by atoms with Crippen LogP contribution in [0.1, 0.15) is 20.8 Å². The number of ether oxygens (including phenoxy) is 2. The summed E-state index contributed by atoms with van der Waals surface area (Å²) in [5.74, 6) is 0.156. The first-order valence-corrected chi connectivity index (χ1v) is 9.55. The average Bonchev–Trinajstić information content (AvgIpc) is 3.30. The molecule has 2 amide bonds. The Labute approximate surface area is 172 Å². The summed E-state index contributed by atoms with van der Waals surface area (Å²) in [5, 5.41) is 4.99. The predicted molar refractivity (Wildman–Crippen MR) is 111 cm³/mol. The standard InChI is InChI=1S/C17H15IN4O4S/c1-25-13-4-9(10(18)5-14(13)26-2)16(24)22-17-21-12(7-27-17)8-3-11(15(19)23)20-6-8/h3-7,20H,1-2H3,(H2,19,23)(H,21,22,24). The number of nitrogens with zero attached hydrogens (tertiary/aromatic N) is 1. The van der Waals surface area contributed by atoms with E-state index >= 15 is 0 Å². The number of benzene rings is 1. The Hall–Kier alpha value is -2.60. The zero-order valence-electron chi connectivity index (χ0n) is 14.3. The van der Waals surface area contributed by atoms with Crippen molar-refractivity contribution in [2.45, 2.75) is 0 Å². The Morgan fingerprint density at radius 2 is 1.93 bits per heavy atom. The highest BCUT2D eigenvalue weighted by atomic mass is 127. The average molecular weight is 498 g/mol. The lowest BCUT2D eigenvalue weighted by Crippen LogP contribution is -2.13. The second-order valence-electron chi connectivity index (χ2n) is 5.35. The molecule has 0 aliphatic rings. The summed E-state index contributed by atoms with van der Waals surface area (Å²) in [4.78, 5) is 31.0. The molecule has 0 saturated heterocycles. The van der Waals surface area contributed by atoms with Gasteiger partial charge >= 0.3 is 0 Å². The fraction of sp³-hybridized carbons (Fsp3) is 0.118. The van der Waals surface area contributed by atoms with Crippen molar-refractivity contribution in [3.63, 3.8) is 0 Å². The summed E-state index contributed by atoms with van der Waals surface area (Å²) < 4.78 is 11.2. The summed E-state index contributed by atoms with van der Waals surface area (Å²) in [6, 6.07) is 4.96. The number of aromatic amines is 1. The lowest BCUT2D eigenvalue weighted by molar-refractivity contribution is 0.0993. The van der Waals surface area contributed by atoms with Crippen molar-refractivity contribution in [1.82, 2.24) is 9.97 Å². The fourth-order valence-electron chi connectivity index (χ4n) is 2.34. The predicted octanol–water partition coefficient (Wildman–Crippen LogP) is 3.11. The normalized spacial score (nSPS) is 10.5. The molecule has 10 heteroatoms. The van der Waals surface area contributed by atoms with E-state index in [0.717, 1.165) is 3.57 Å². The van der Waals surface area contributed by atoms with Crippen molar-refractivity contribution in [2.24, 2.45) is 5.73 Å². The summed E-state index contributed by atoms with van der Waals surface area (Å²) in [6.07, 6.45) is 1.64. The molecule has 0 unspecified atom stereocenters. The molecule has 0 saturated carbocycles. The maximum Gasteiger partial charge on any atom is 0.265 e. The minimum atomic E-state index is -0.548. The van der Waals surface area contributed by atoms with Crippen molar-refractivity contribution in [3.8, 4) is 22.8 Å². The van der Waals surface area contributed by atoms with Crippen molar-refractivity contribution in [3.05, 3.63) is 44.6 Å². The second-order valence-corrected chi connectivity index (χ2v) is 7.37. The molecular weight excluding hydrogens is 483 g/mol. The second kappa shape index (κ2) is 7.96. The van der Waals surface area contributed by atoms with Gasteiger partial charge in [0.05, 0.1) is 25.5 Å². The smallest absolute Gasteiger partial charge is 0.265 e. The van der Waals surface area contributed by atoms with E-state index in [1.54, 1.807) is 29.8 Å². The van der Waals surface area contributed by atoms with Gasteiger partial charge in [-0.2, -0.15) is 0 Å². The van der Waals surface area contributed by atoms with E-state index in [1.165, 1.54) is 25.6 Å². The third kappa shape index (κ3) is 4.06. The molecule has 3 aromatic rings. The van der Waals surface area contributed by atoms with Gasteiger partial charge in [-0.25, -0.2) is 4.98 Å². The number of methoxy groups -OCH3 is 2. The van der Waals surface area contributed by atoms with Gasteiger partial charge < -0.3 is 20.2 Å². The number of aromatic nitrogens is 2. The molecule has 140 valence electrons. The molecule has 8 nitrogen and oxygen atoms in total. The number of hydrogen-bond donors (Lipinski definition) is 3. The van der Waals surface area contributed by atoms with E-state index in [-0.39, 0.29) is 5.91 Å². The molecule has 0 fully saturated rings. The van der Waals surface area contributed by atoms with Crippen LogP contribution >= 0.6 is 33.9 Å². The monoisotopic (exact) mass is 498 g/mol. The van der Waals surface area contributed by atoms with Crippen molar-refractivity contribution >= 4 is 50.9 Å². The molecule has 2 heterocycles. The molecule has 4 N–H and O–H groups in total. The Morgan fingerprint density at radius 3 is 2.56 bits per heavy atom. The molecule has 1 aromatic carbocycles. The summed E-state index contributed by atoms with van der Waals surface area (Å²) in [6.45, 7) is 0. The zero-order chi connectivity index (χ0) is 19.6. The minimum Gasteiger partial charge on any atom is -0.493 e. The van der Waals surface area contributed by atoms with Crippen molar-refractivity contribution < 1.29 is 19.1 Å². The number of nitrogens with two attached hydrogens (primary N) is 1. The molecule has 27 heavy (non-hydrogen) atoms. The molecule has 0 atom stereocenters. The number of anilines is 1. The van der Waals surface area contributed by atoms with E-state index in [0.29, 0.717) is 39.1 Å². The minimum absolute atomic E-state index is 0.295. The molecule has 0 bridgehead atoms. The van der Waals surface area contributed by atoms with Gasteiger partial charge in [0.25, 0.3) is 11.8 Å². The van der Waals surface area contributed by atoms with E-state index in [2.05, 4.69) is 37.9 Å². The first-order valence-electron chi connectivity index (χ1n) is 7.60. The third-order valence-corrected chi connectivity index (χ3v) is 5.34. The highest BCUT2D eigenvalue weighted by molar-refractivity contribution is 14.1. The Bertz CT molecular complexity index is 1010. The van der Waals surface area contributed by atoms with E-state index in [4.69, 9.17) is 15.2 Å². The van der Waals surface area contributed by atoms with Crippen molar-refractivity contribution in [2.75, 3.05) is 19.5 Å². The van der Waals surface area contributed by atoms with Crippen LogP contribution in [0.3, 0.4) is 0 Å². The Morgan fingerprint density at radius 1 is 1.22 bits per heavy atom. The lowest BCUT2D eigenvalue weighted by Gasteiger charge is -2.11. The molecule has 0 aliphatic carbocycles. The summed E-state index contributed by atoms with van der Waals surface area (Å²) >= 11 is 3.34. The van der Waals surface area contributed by atoms with Gasteiger partial charge in [-0.1, -0.05) is 0 Å². The topological polar surface area (TPSA) is 119 Å². The van der Waals surface area contributed by atoms with Crippen LogP contribution in [0.5, 0.6) is 11.5 Å². The first-order chi connectivity index (χ1) is 12.9. The number of nitrogens with one attached hydrogen (secondary N) is 2.